The van der Waals surface area contributed by atoms with Crippen molar-refractivity contribution in [1.29, 1.82) is 0 Å². The molecule has 0 aliphatic heterocycles. The average molecular weight is 284 g/mol. The predicted octanol–water partition coefficient (Wildman–Crippen LogP) is 2.68. The number of aliphatic imine (C=N–C) groups is 1. The quantitative estimate of drug-likeness (QED) is 0.459. The molecule has 0 heterocycles. The smallest absolute Gasteiger partial charge is 0.191 e. The number of nitrogens with one attached hydrogen (secondary N) is 2. The largest absolute Gasteiger partial charge is 0.490 e. The molecule has 0 aliphatic rings. The average Bonchev–Trinajstić information content (AvgIpc) is 2.43. The van der Waals surface area contributed by atoms with Gasteiger partial charge in [-0.25, -0.2) is 0 Å². The van der Waals surface area contributed by atoms with E-state index in [4.69, 9.17) is 16.3 Å². The van der Waals surface area contributed by atoms with Crippen molar-refractivity contribution in [2.45, 2.75) is 19.8 Å². The summed E-state index contributed by atoms with van der Waals surface area (Å²) >= 11 is 6.00. The molecular formula is C14H22ClN3O. The third kappa shape index (κ3) is 6.34. The van der Waals surface area contributed by atoms with Crippen molar-refractivity contribution in [3.63, 3.8) is 0 Å². The Morgan fingerprint density at radius 3 is 2.68 bits per heavy atom. The van der Waals surface area contributed by atoms with Crippen LogP contribution in [0.3, 0.4) is 0 Å². The number of rotatable bonds is 7. The Morgan fingerprint density at radius 1 is 1.26 bits per heavy atom. The van der Waals surface area contributed by atoms with Crippen molar-refractivity contribution in [3.8, 4) is 5.75 Å². The van der Waals surface area contributed by atoms with Crippen molar-refractivity contribution < 1.29 is 4.74 Å². The molecule has 0 aliphatic carbocycles. The van der Waals surface area contributed by atoms with Crippen LogP contribution < -0.4 is 15.4 Å². The zero-order chi connectivity index (χ0) is 13.9. The molecule has 19 heavy (non-hydrogen) atoms. The first-order valence-corrected chi connectivity index (χ1v) is 6.97. The Hall–Kier alpha value is -1.42. The molecular weight excluding hydrogens is 262 g/mol. The summed E-state index contributed by atoms with van der Waals surface area (Å²) in [5.74, 6) is 1.51. The molecule has 1 rings (SSSR count). The predicted molar refractivity (Wildman–Crippen MR) is 81.2 cm³/mol. The Kier molecular flexibility index (Phi) is 7.82. The fourth-order valence-corrected chi connectivity index (χ4v) is 1.69. The molecule has 0 aromatic heterocycles. The van der Waals surface area contributed by atoms with Gasteiger partial charge in [0.1, 0.15) is 12.4 Å². The van der Waals surface area contributed by atoms with Gasteiger partial charge in [0, 0.05) is 13.6 Å². The van der Waals surface area contributed by atoms with Crippen LogP contribution in [0.15, 0.2) is 29.3 Å². The van der Waals surface area contributed by atoms with E-state index in [-0.39, 0.29) is 0 Å². The van der Waals surface area contributed by atoms with Gasteiger partial charge < -0.3 is 15.4 Å². The molecule has 0 radical (unpaired) electrons. The van der Waals surface area contributed by atoms with Crippen LogP contribution in [-0.4, -0.2) is 32.7 Å². The monoisotopic (exact) mass is 283 g/mol. The van der Waals surface area contributed by atoms with E-state index in [0.717, 1.165) is 18.9 Å². The normalized spacial score (nSPS) is 11.2. The van der Waals surface area contributed by atoms with Crippen LogP contribution in [0.25, 0.3) is 0 Å². The Bertz CT molecular complexity index is 396. The van der Waals surface area contributed by atoms with Crippen molar-refractivity contribution in [2.24, 2.45) is 4.99 Å². The molecule has 0 atom stereocenters. The summed E-state index contributed by atoms with van der Waals surface area (Å²) in [6.45, 7) is 4.31. The molecule has 0 saturated carbocycles. The van der Waals surface area contributed by atoms with Gasteiger partial charge in [0.05, 0.1) is 11.6 Å². The van der Waals surface area contributed by atoms with Crippen LogP contribution in [0.5, 0.6) is 5.75 Å². The first kappa shape index (κ1) is 15.6. The van der Waals surface area contributed by atoms with Crippen LogP contribution in [0, 0.1) is 0 Å². The zero-order valence-electron chi connectivity index (χ0n) is 11.6. The Labute approximate surface area is 120 Å². The van der Waals surface area contributed by atoms with Crippen molar-refractivity contribution in [1.82, 2.24) is 10.6 Å². The van der Waals surface area contributed by atoms with Gasteiger partial charge in [-0.15, -0.1) is 0 Å². The Balaban J connectivity index is 2.21. The van der Waals surface area contributed by atoms with Gasteiger partial charge in [0.25, 0.3) is 0 Å². The second-order valence-electron chi connectivity index (χ2n) is 4.06. The maximum atomic E-state index is 6.00. The summed E-state index contributed by atoms with van der Waals surface area (Å²) in [6, 6.07) is 7.46. The first-order valence-electron chi connectivity index (χ1n) is 6.59. The van der Waals surface area contributed by atoms with E-state index < -0.39 is 0 Å². The van der Waals surface area contributed by atoms with Gasteiger partial charge in [0.15, 0.2) is 5.96 Å². The maximum absolute atomic E-state index is 6.00. The van der Waals surface area contributed by atoms with Crippen LogP contribution >= 0.6 is 11.6 Å². The van der Waals surface area contributed by atoms with Gasteiger partial charge in [-0.2, -0.15) is 0 Å². The molecule has 0 saturated heterocycles. The molecule has 2 N–H and O–H groups in total. The van der Waals surface area contributed by atoms with Crippen LogP contribution in [0.2, 0.25) is 5.02 Å². The zero-order valence-corrected chi connectivity index (χ0v) is 12.3. The fraction of sp³-hybridized carbons (Fsp3) is 0.500. The highest BCUT2D eigenvalue weighted by Gasteiger charge is 2.00. The number of nitrogens with zero attached hydrogens (tertiary/aromatic N) is 1. The number of para-hydroxylation sites is 1. The lowest BCUT2D eigenvalue weighted by Crippen LogP contribution is -2.39. The highest BCUT2D eigenvalue weighted by Crippen LogP contribution is 2.22. The molecule has 0 amide bonds. The first-order chi connectivity index (χ1) is 9.27. The lowest BCUT2D eigenvalue weighted by Gasteiger charge is -2.12. The minimum atomic E-state index is 0.540. The molecule has 106 valence electrons. The summed E-state index contributed by atoms with van der Waals surface area (Å²) in [5, 5.41) is 7.06. The Morgan fingerprint density at radius 2 is 2.00 bits per heavy atom. The van der Waals surface area contributed by atoms with Crippen molar-refractivity contribution in [3.05, 3.63) is 29.3 Å². The van der Waals surface area contributed by atoms with Gasteiger partial charge >= 0.3 is 0 Å². The molecule has 1 aromatic carbocycles. The highest BCUT2D eigenvalue weighted by atomic mass is 35.5. The third-order valence-corrected chi connectivity index (χ3v) is 2.85. The van der Waals surface area contributed by atoms with Crippen molar-refractivity contribution in [2.75, 3.05) is 26.7 Å². The van der Waals surface area contributed by atoms with E-state index >= 15 is 0 Å². The van der Waals surface area contributed by atoms with Gasteiger partial charge in [-0.3, -0.25) is 4.99 Å². The molecule has 0 spiro atoms. The van der Waals surface area contributed by atoms with E-state index in [0.29, 0.717) is 23.9 Å². The van der Waals surface area contributed by atoms with Gasteiger partial charge in [-0.1, -0.05) is 37.1 Å². The summed E-state index contributed by atoms with van der Waals surface area (Å²) in [5.41, 5.74) is 0. The molecule has 0 unspecified atom stereocenters. The molecule has 4 nitrogen and oxygen atoms in total. The topological polar surface area (TPSA) is 45.7 Å². The van der Waals surface area contributed by atoms with E-state index in [9.17, 15) is 0 Å². The summed E-state index contributed by atoms with van der Waals surface area (Å²) in [4.78, 5) is 4.13. The molecule has 0 bridgehead atoms. The molecule has 1 aromatic rings. The number of benzene rings is 1. The number of unbranched alkanes of at least 4 members (excludes halogenated alkanes) is 1. The highest BCUT2D eigenvalue weighted by molar-refractivity contribution is 6.32. The van der Waals surface area contributed by atoms with E-state index in [2.05, 4.69) is 22.5 Å². The number of ether oxygens (including phenoxy) is 1. The summed E-state index contributed by atoms with van der Waals surface area (Å²) < 4.78 is 5.58. The lowest BCUT2D eigenvalue weighted by atomic mass is 10.3. The second-order valence-corrected chi connectivity index (χ2v) is 4.47. The lowest BCUT2D eigenvalue weighted by molar-refractivity contribution is 0.322. The standard InChI is InChI=1S/C14H22ClN3O/c1-3-4-9-17-14(16-2)18-10-11-19-13-8-6-5-7-12(13)15/h5-8H,3-4,9-11H2,1-2H3,(H2,16,17,18). The third-order valence-electron chi connectivity index (χ3n) is 2.54. The van der Waals surface area contributed by atoms with Crippen LogP contribution in [-0.2, 0) is 0 Å². The van der Waals surface area contributed by atoms with Crippen molar-refractivity contribution >= 4 is 17.6 Å². The van der Waals surface area contributed by atoms with E-state index in [1.54, 1.807) is 7.05 Å². The number of hydrogen-bond acceptors (Lipinski definition) is 2. The summed E-state index contributed by atoms with van der Waals surface area (Å²) in [6.07, 6.45) is 2.30. The number of hydrogen-bond donors (Lipinski definition) is 2. The SMILES string of the molecule is CCCCNC(=NC)NCCOc1ccccc1Cl. The van der Waals surface area contributed by atoms with E-state index in [1.807, 2.05) is 24.3 Å². The minimum absolute atomic E-state index is 0.540. The number of halogens is 1. The van der Waals surface area contributed by atoms with E-state index in [1.165, 1.54) is 6.42 Å². The summed E-state index contributed by atoms with van der Waals surface area (Å²) in [7, 11) is 1.76. The second kappa shape index (κ2) is 9.50. The molecule has 5 heteroatoms. The van der Waals surface area contributed by atoms with Crippen LogP contribution in [0.1, 0.15) is 19.8 Å². The van der Waals surface area contributed by atoms with Crippen LogP contribution in [0.4, 0.5) is 0 Å². The number of guanidine groups is 1. The van der Waals surface area contributed by atoms with Gasteiger partial charge in [-0.05, 0) is 18.6 Å². The fourth-order valence-electron chi connectivity index (χ4n) is 1.50. The van der Waals surface area contributed by atoms with Gasteiger partial charge in [0.2, 0.25) is 0 Å². The maximum Gasteiger partial charge on any atom is 0.191 e. The molecule has 0 fully saturated rings. The minimum Gasteiger partial charge on any atom is -0.490 e.